The van der Waals surface area contributed by atoms with Gasteiger partial charge in [-0.05, 0) is 56.0 Å². The van der Waals surface area contributed by atoms with Gasteiger partial charge in [0.15, 0.2) is 0 Å². The lowest BCUT2D eigenvalue weighted by Crippen LogP contribution is -2.25. The second kappa shape index (κ2) is 7.30. The summed E-state index contributed by atoms with van der Waals surface area (Å²) in [5.41, 5.74) is 2.36. The minimum Gasteiger partial charge on any atom is -0.410 e. The normalized spacial score (nSPS) is 12.8. The van der Waals surface area contributed by atoms with E-state index in [-0.39, 0.29) is 0 Å². The molecule has 0 saturated heterocycles. The van der Waals surface area contributed by atoms with Crippen molar-refractivity contribution < 1.29 is 25.8 Å². The van der Waals surface area contributed by atoms with Gasteiger partial charge in [0.05, 0.1) is 7.11 Å². The summed E-state index contributed by atoms with van der Waals surface area (Å²) in [6, 6.07) is 1.72. The average molecular weight is 380 g/mol. The first-order chi connectivity index (χ1) is 10.8. The molecule has 0 atom stereocenters. The van der Waals surface area contributed by atoms with E-state index in [0.717, 1.165) is 28.7 Å². The van der Waals surface area contributed by atoms with Crippen LogP contribution in [0.4, 0.5) is 4.79 Å². The third-order valence-corrected chi connectivity index (χ3v) is 7.54. The molecular weight excluding hydrogens is 354 g/mol. The zero-order valence-corrected chi connectivity index (χ0v) is 16.9. The van der Waals surface area contributed by atoms with Gasteiger partial charge in [-0.1, -0.05) is 10.3 Å². The number of rotatable bonds is 5. The smallest absolute Gasteiger partial charge is 0.410 e. The molecule has 0 aliphatic heterocycles. The van der Waals surface area contributed by atoms with Crippen LogP contribution in [0.25, 0.3) is 0 Å². The summed E-state index contributed by atoms with van der Waals surface area (Å²) in [5.74, 6) is 0.442. The largest absolute Gasteiger partial charge is 0.414 e. The van der Waals surface area contributed by atoms with Gasteiger partial charge in [0.25, 0.3) is 0 Å². The van der Waals surface area contributed by atoms with Crippen LogP contribution < -0.4 is 4.74 Å². The molecule has 7 nitrogen and oxygen atoms in total. The van der Waals surface area contributed by atoms with Crippen molar-refractivity contribution in [3.63, 3.8) is 0 Å². The molecule has 24 heavy (non-hydrogen) atoms. The molecule has 0 bridgehead atoms. The van der Waals surface area contributed by atoms with E-state index in [9.17, 15) is 13.2 Å². The molecular formula is C15H25NO6S2. The Bertz CT molecular complexity index is 741. The maximum atomic E-state index is 11.8. The number of amides is 1. The van der Waals surface area contributed by atoms with Gasteiger partial charge in [-0.15, -0.1) is 0 Å². The second-order valence-corrected chi connectivity index (χ2v) is 10.5. The molecule has 1 aromatic rings. The van der Waals surface area contributed by atoms with Gasteiger partial charge in [-0.3, -0.25) is 4.18 Å². The molecule has 0 radical (unpaired) electrons. The third-order valence-electron chi connectivity index (χ3n) is 3.49. The number of carbonyl (C=O) groups is 1. The molecule has 138 valence electrons. The van der Waals surface area contributed by atoms with Gasteiger partial charge in [-0.25, -0.2) is 4.79 Å². The van der Waals surface area contributed by atoms with Gasteiger partial charge in [0, 0.05) is 19.0 Å². The van der Waals surface area contributed by atoms with E-state index < -0.39 is 26.8 Å². The van der Waals surface area contributed by atoms with Crippen molar-refractivity contribution in [2.75, 3.05) is 33.7 Å². The van der Waals surface area contributed by atoms with E-state index in [4.69, 9.17) is 8.37 Å². The first-order valence-electron chi connectivity index (χ1n) is 7.07. The van der Waals surface area contributed by atoms with Crippen molar-refractivity contribution in [2.45, 2.75) is 25.7 Å². The summed E-state index contributed by atoms with van der Waals surface area (Å²) in [7, 11) is -1.95. The van der Waals surface area contributed by atoms with E-state index in [1.165, 1.54) is 4.90 Å². The Labute approximate surface area is 145 Å². The minimum absolute atomic E-state index is 0.442. The van der Waals surface area contributed by atoms with E-state index >= 15 is 0 Å². The summed E-state index contributed by atoms with van der Waals surface area (Å²) < 4.78 is 38.4. The van der Waals surface area contributed by atoms with Crippen LogP contribution in [0, 0.1) is 20.8 Å². The van der Waals surface area contributed by atoms with Crippen LogP contribution in [0.2, 0.25) is 0 Å². The van der Waals surface area contributed by atoms with E-state index in [2.05, 4.69) is 4.18 Å². The number of ether oxygens (including phenoxy) is 1. The molecule has 0 aliphatic rings. The molecule has 1 aromatic carbocycles. The minimum atomic E-state index is -4.07. The number of benzene rings is 1. The molecule has 0 saturated carbocycles. The zero-order valence-electron chi connectivity index (χ0n) is 15.3. The lowest BCUT2D eigenvalue weighted by atomic mass is 10.1. The maximum Gasteiger partial charge on any atom is 0.414 e. The van der Waals surface area contributed by atoms with Crippen molar-refractivity contribution in [1.82, 2.24) is 4.90 Å². The molecule has 0 spiro atoms. The fourth-order valence-corrected chi connectivity index (χ4v) is 6.23. The maximum absolute atomic E-state index is 11.8. The Morgan fingerprint density at radius 1 is 1.08 bits per heavy atom. The average Bonchev–Trinajstić information content (AvgIpc) is 2.42. The molecule has 1 amide bonds. The lowest BCUT2D eigenvalue weighted by Gasteiger charge is -2.33. The molecule has 0 unspecified atom stereocenters. The van der Waals surface area contributed by atoms with Crippen LogP contribution in [0.3, 0.4) is 0 Å². The zero-order chi connectivity index (χ0) is 18.9. The highest BCUT2D eigenvalue weighted by Crippen LogP contribution is 2.55. The highest BCUT2D eigenvalue weighted by molar-refractivity contribution is 8.31. The summed E-state index contributed by atoms with van der Waals surface area (Å²) in [6.45, 7) is 5.49. The Balaban J connectivity index is 3.38. The Hall–Kier alpha value is -1.29. The fourth-order valence-electron chi connectivity index (χ4n) is 2.34. The van der Waals surface area contributed by atoms with Crippen LogP contribution in [-0.2, 0) is 18.2 Å². The van der Waals surface area contributed by atoms with E-state index in [1.54, 1.807) is 32.7 Å². The highest BCUT2D eigenvalue weighted by atomic mass is 32.3. The molecule has 0 heterocycles. The number of carbonyl (C=O) groups excluding carboxylic acids is 1. The number of hydrogen-bond acceptors (Lipinski definition) is 6. The molecule has 0 N–H and O–H groups in total. The van der Waals surface area contributed by atoms with Gasteiger partial charge < -0.3 is 9.64 Å². The second-order valence-electron chi connectivity index (χ2n) is 5.91. The van der Waals surface area contributed by atoms with Crippen molar-refractivity contribution >= 4 is 26.8 Å². The summed E-state index contributed by atoms with van der Waals surface area (Å²) >= 11 is 0. The third kappa shape index (κ3) is 4.62. The van der Waals surface area contributed by atoms with Crippen LogP contribution >= 0.6 is 10.3 Å². The van der Waals surface area contributed by atoms with Crippen LogP contribution in [0.15, 0.2) is 11.0 Å². The predicted octanol–water partition coefficient (Wildman–Crippen LogP) is 2.92. The van der Waals surface area contributed by atoms with Crippen molar-refractivity contribution in [3.05, 3.63) is 22.8 Å². The predicted molar refractivity (Wildman–Crippen MR) is 95.1 cm³/mol. The molecule has 0 fully saturated rings. The summed E-state index contributed by atoms with van der Waals surface area (Å²) in [6.07, 6.45) is 2.97. The highest BCUT2D eigenvalue weighted by Gasteiger charge is 2.29. The van der Waals surface area contributed by atoms with E-state index in [1.807, 2.05) is 20.8 Å². The topological polar surface area (TPSA) is 82.1 Å². The first kappa shape index (κ1) is 20.8. The monoisotopic (exact) mass is 379 g/mol. The SMILES string of the molecule is COS(=O)(=O)OS(C)(C)c1c(C)cc(OC(=O)N(C)C)c(C)c1C. The van der Waals surface area contributed by atoms with Gasteiger partial charge >= 0.3 is 16.5 Å². The first-order valence-corrected chi connectivity index (χ1v) is 10.8. The standard InChI is InChI=1S/C15H25NO6S2/c1-10-9-13(21-15(17)16(4)5)11(2)12(3)14(10)23(7,8)22-24(18,19)20-6/h9H,1-8H3. The summed E-state index contributed by atoms with van der Waals surface area (Å²) in [4.78, 5) is 13.9. The fraction of sp³-hybridized carbons (Fsp3) is 0.533. The Morgan fingerprint density at radius 3 is 2.08 bits per heavy atom. The van der Waals surface area contributed by atoms with Crippen molar-refractivity contribution in [1.29, 1.82) is 0 Å². The van der Waals surface area contributed by atoms with Crippen LogP contribution in [0.1, 0.15) is 16.7 Å². The number of hydrogen-bond donors (Lipinski definition) is 0. The molecule has 0 aromatic heterocycles. The van der Waals surface area contributed by atoms with Gasteiger partial charge in [0.2, 0.25) is 0 Å². The summed E-state index contributed by atoms with van der Waals surface area (Å²) in [5, 5.41) is 0. The van der Waals surface area contributed by atoms with Gasteiger partial charge in [0.1, 0.15) is 5.75 Å². The Morgan fingerprint density at radius 2 is 1.62 bits per heavy atom. The molecule has 0 aliphatic carbocycles. The Kier molecular flexibility index (Phi) is 6.31. The van der Waals surface area contributed by atoms with Crippen LogP contribution in [0.5, 0.6) is 5.75 Å². The number of aryl methyl sites for hydroxylation is 1. The molecule has 9 heteroatoms. The van der Waals surface area contributed by atoms with Gasteiger partial charge in [-0.2, -0.15) is 12.0 Å². The number of nitrogens with zero attached hydrogens (tertiary/aromatic N) is 1. The van der Waals surface area contributed by atoms with E-state index in [0.29, 0.717) is 5.75 Å². The molecule has 1 rings (SSSR count). The lowest BCUT2D eigenvalue weighted by molar-refractivity contribution is 0.171. The van der Waals surface area contributed by atoms with Crippen LogP contribution in [-0.4, -0.2) is 53.1 Å². The van der Waals surface area contributed by atoms with Crippen molar-refractivity contribution in [2.24, 2.45) is 0 Å². The quantitative estimate of drug-likeness (QED) is 0.782. The van der Waals surface area contributed by atoms with Crippen molar-refractivity contribution in [3.8, 4) is 5.75 Å².